The summed E-state index contributed by atoms with van der Waals surface area (Å²) in [4.78, 5) is 9.85. The number of morpholine rings is 1. The molecule has 0 unspecified atom stereocenters. The van der Waals surface area contributed by atoms with E-state index in [1.54, 1.807) is 6.26 Å². The maximum Gasteiger partial charge on any atom is 0.191 e. The second kappa shape index (κ2) is 15.0. The molecule has 172 valence electrons. The van der Waals surface area contributed by atoms with Crippen LogP contribution in [0.5, 0.6) is 0 Å². The van der Waals surface area contributed by atoms with Gasteiger partial charge in [-0.15, -0.1) is 24.0 Å². The average Bonchev–Trinajstić information content (AvgIpc) is 3.26. The van der Waals surface area contributed by atoms with E-state index in [2.05, 4.69) is 27.4 Å². The molecule has 2 aliphatic rings. The lowest BCUT2D eigenvalue weighted by molar-refractivity contribution is 0.0389. The number of furan rings is 1. The summed E-state index contributed by atoms with van der Waals surface area (Å²) in [7, 11) is 0. The first-order valence-corrected chi connectivity index (χ1v) is 11.4. The number of nitrogens with zero attached hydrogens (tertiary/aromatic N) is 3. The van der Waals surface area contributed by atoms with Crippen molar-refractivity contribution in [1.29, 1.82) is 0 Å². The van der Waals surface area contributed by atoms with Crippen molar-refractivity contribution in [2.45, 2.75) is 32.6 Å². The third-order valence-electron chi connectivity index (χ3n) is 5.85. The summed E-state index contributed by atoms with van der Waals surface area (Å²) in [5.41, 5.74) is 0. The van der Waals surface area contributed by atoms with Gasteiger partial charge in [0.15, 0.2) is 5.96 Å². The molecule has 30 heavy (non-hydrogen) atoms. The summed E-state index contributed by atoms with van der Waals surface area (Å²) in [5.74, 6) is 2.81. The molecule has 8 heteroatoms. The Morgan fingerprint density at radius 1 is 1.07 bits per heavy atom. The maximum absolute atomic E-state index is 5.43. The third-order valence-corrected chi connectivity index (χ3v) is 5.85. The van der Waals surface area contributed by atoms with Crippen LogP contribution < -0.4 is 10.6 Å². The van der Waals surface area contributed by atoms with Crippen molar-refractivity contribution in [2.24, 2.45) is 10.9 Å². The van der Waals surface area contributed by atoms with E-state index in [1.807, 2.05) is 12.1 Å². The van der Waals surface area contributed by atoms with Gasteiger partial charge >= 0.3 is 0 Å². The van der Waals surface area contributed by atoms with E-state index in [1.165, 1.54) is 25.9 Å². The molecule has 0 atom stereocenters. The number of likely N-dealkylation sites (tertiary alicyclic amines) is 1. The first kappa shape index (κ1) is 25.4. The summed E-state index contributed by atoms with van der Waals surface area (Å²) < 4.78 is 10.9. The van der Waals surface area contributed by atoms with E-state index in [0.29, 0.717) is 0 Å². The second-order valence-electron chi connectivity index (χ2n) is 8.24. The molecule has 0 amide bonds. The fraction of sp³-hybridized carbons (Fsp3) is 0.773. The Labute approximate surface area is 199 Å². The Kier molecular flexibility index (Phi) is 12.7. The molecule has 0 radical (unpaired) electrons. The first-order valence-electron chi connectivity index (χ1n) is 11.4. The van der Waals surface area contributed by atoms with Crippen LogP contribution in [0.2, 0.25) is 0 Å². The van der Waals surface area contributed by atoms with Crippen LogP contribution in [0.25, 0.3) is 0 Å². The minimum Gasteiger partial charge on any atom is -0.469 e. The van der Waals surface area contributed by atoms with Crippen LogP contribution in [0.15, 0.2) is 27.8 Å². The summed E-state index contributed by atoms with van der Waals surface area (Å²) in [5, 5.41) is 6.97. The summed E-state index contributed by atoms with van der Waals surface area (Å²) in [6.45, 7) is 13.4. The predicted octanol–water partition coefficient (Wildman–Crippen LogP) is 2.43. The Morgan fingerprint density at radius 3 is 2.53 bits per heavy atom. The normalized spacial score (nSPS) is 19.4. The van der Waals surface area contributed by atoms with E-state index in [9.17, 15) is 0 Å². The number of hydrogen-bond donors (Lipinski definition) is 2. The van der Waals surface area contributed by atoms with Gasteiger partial charge in [-0.05, 0) is 56.9 Å². The van der Waals surface area contributed by atoms with Gasteiger partial charge in [0, 0.05) is 45.7 Å². The second-order valence-corrected chi connectivity index (χ2v) is 8.24. The van der Waals surface area contributed by atoms with Crippen molar-refractivity contribution in [1.82, 2.24) is 20.4 Å². The Bertz CT molecular complexity index is 570. The topological polar surface area (TPSA) is 65.3 Å². The standard InChI is InChI=1S/C22H39N5O2.HI/c1-20-6-12-26(13-7-20)11-3-8-23-22(24-9-5-21-4-2-17-29-21)25-10-14-27-15-18-28-19-16-27;/h2,4,17,20H,3,5-16,18-19H2,1H3,(H2,23,24,25);1H. The SMILES string of the molecule is CC1CCN(CCCN=C(NCCc2ccco2)NCCN2CCOCC2)CC1.I. The molecule has 0 spiro atoms. The van der Waals surface area contributed by atoms with Gasteiger partial charge in [0.05, 0.1) is 19.5 Å². The molecular weight excluding hydrogens is 493 g/mol. The number of guanidine groups is 1. The molecule has 1 aromatic rings. The molecule has 0 saturated carbocycles. The van der Waals surface area contributed by atoms with Crippen LogP contribution in [0.3, 0.4) is 0 Å². The van der Waals surface area contributed by atoms with Crippen LogP contribution in [-0.2, 0) is 11.2 Å². The van der Waals surface area contributed by atoms with Crippen LogP contribution in [-0.4, -0.2) is 87.9 Å². The molecular formula is C22H40IN5O2. The molecule has 3 rings (SSSR count). The number of aliphatic imine (C=N–C) groups is 1. The van der Waals surface area contributed by atoms with Crippen LogP contribution in [0.1, 0.15) is 31.9 Å². The molecule has 2 N–H and O–H groups in total. The van der Waals surface area contributed by atoms with Crippen molar-refractivity contribution < 1.29 is 9.15 Å². The molecule has 3 heterocycles. The maximum atomic E-state index is 5.43. The number of halogens is 1. The van der Waals surface area contributed by atoms with Crippen molar-refractivity contribution >= 4 is 29.9 Å². The molecule has 0 aromatic carbocycles. The third kappa shape index (κ3) is 9.98. The lowest BCUT2D eigenvalue weighted by atomic mass is 9.99. The average molecular weight is 533 g/mol. The van der Waals surface area contributed by atoms with Gasteiger partial charge in [0.2, 0.25) is 0 Å². The van der Waals surface area contributed by atoms with Gasteiger partial charge in [-0.25, -0.2) is 0 Å². The Balaban J connectivity index is 0.00000320. The van der Waals surface area contributed by atoms with Gasteiger partial charge < -0.3 is 24.7 Å². The van der Waals surface area contributed by atoms with Crippen LogP contribution in [0.4, 0.5) is 0 Å². The molecule has 2 saturated heterocycles. The highest BCUT2D eigenvalue weighted by molar-refractivity contribution is 14.0. The van der Waals surface area contributed by atoms with E-state index < -0.39 is 0 Å². The number of nitrogens with one attached hydrogen (secondary N) is 2. The monoisotopic (exact) mass is 533 g/mol. The van der Waals surface area contributed by atoms with Gasteiger partial charge in [-0.2, -0.15) is 0 Å². The molecule has 0 aliphatic carbocycles. The molecule has 2 aliphatic heterocycles. The van der Waals surface area contributed by atoms with Gasteiger partial charge in [0.25, 0.3) is 0 Å². The molecule has 7 nitrogen and oxygen atoms in total. The molecule has 0 bridgehead atoms. The number of rotatable bonds is 10. The van der Waals surface area contributed by atoms with Crippen molar-refractivity contribution in [3.8, 4) is 0 Å². The number of hydrogen-bond acceptors (Lipinski definition) is 5. The van der Waals surface area contributed by atoms with Crippen molar-refractivity contribution in [2.75, 3.05) is 72.1 Å². The van der Waals surface area contributed by atoms with Crippen LogP contribution in [0, 0.1) is 5.92 Å². The van der Waals surface area contributed by atoms with E-state index >= 15 is 0 Å². The van der Waals surface area contributed by atoms with E-state index in [0.717, 1.165) is 89.5 Å². The molecule has 1 aromatic heterocycles. The Morgan fingerprint density at radius 2 is 1.80 bits per heavy atom. The summed E-state index contributed by atoms with van der Waals surface area (Å²) in [6, 6.07) is 3.95. The van der Waals surface area contributed by atoms with E-state index in [4.69, 9.17) is 14.1 Å². The zero-order valence-corrected chi connectivity index (χ0v) is 20.8. The number of ether oxygens (including phenoxy) is 1. The van der Waals surface area contributed by atoms with Crippen LogP contribution >= 0.6 is 24.0 Å². The summed E-state index contributed by atoms with van der Waals surface area (Å²) in [6.07, 6.45) is 6.39. The van der Waals surface area contributed by atoms with E-state index in [-0.39, 0.29) is 24.0 Å². The van der Waals surface area contributed by atoms with Crippen molar-refractivity contribution in [3.63, 3.8) is 0 Å². The fourth-order valence-electron chi connectivity index (χ4n) is 3.86. The smallest absolute Gasteiger partial charge is 0.191 e. The fourth-order valence-corrected chi connectivity index (χ4v) is 3.86. The number of piperidine rings is 1. The minimum atomic E-state index is 0. The highest BCUT2D eigenvalue weighted by Gasteiger charge is 2.14. The first-order chi connectivity index (χ1) is 14.3. The highest BCUT2D eigenvalue weighted by Crippen LogP contribution is 2.15. The lowest BCUT2D eigenvalue weighted by Gasteiger charge is -2.29. The van der Waals surface area contributed by atoms with Gasteiger partial charge in [0.1, 0.15) is 5.76 Å². The zero-order valence-electron chi connectivity index (χ0n) is 18.5. The lowest BCUT2D eigenvalue weighted by Crippen LogP contribution is -2.45. The van der Waals surface area contributed by atoms with Gasteiger partial charge in [-0.1, -0.05) is 6.92 Å². The largest absolute Gasteiger partial charge is 0.469 e. The van der Waals surface area contributed by atoms with Gasteiger partial charge in [-0.3, -0.25) is 9.89 Å². The Hall–Kier alpha value is -0.840. The highest BCUT2D eigenvalue weighted by atomic mass is 127. The predicted molar refractivity (Wildman–Crippen MR) is 133 cm³/mol. The quantitative estimate of drug-likeness (QED) is 0.209. The molecule has 2 fully saturated rings. The summed E-state index contributed by atoms with van der Waals surface area (Å²) >= 11 is 0. The zero-order chi connectivity index (χ0) is 20.2. The van der Waals surface area contributed by atoms with Crippen molar-refractivity contribution in [3.05, 3.63) is 24.2 Å². The minimum absolute atomic E-state index is 0.